The summed E-state index contributed by atoms with van der Waals surface area (Å²) in [6, 6.07) is 9.26. The number of aliphatic hydroxyl groups excluding tert-OH is 1. The van der Waals surface area contributed by atoms with E-state index in [4.69, 9.17) is 0 Å². The van der Waals surface area contributed by atoms with E-state index >= 15 is 0 Å². The fourth-order valence-corrected chi connectivity index (χ4v) is 4.33. The number of hydrogen-bond acceptors (Lipinski definition) is 3. The number of aliphatic hydroxyl groups is 1. The molecule has 0 amide bonds. The highest BCUT2D eigenvalue weighted by Gasteiger charge is 2.22. The van der Waals surface area contributed by atoms with Crippen molar-refractivity contribution in [1.82, 2.24) is 4.72 Å². The standard InChI is InChI=1S/C18H23NO3S/c1-12-9-13(2)15(4)18(14(12)3)23(21,22)19-10-16-7-5-6-8-17(16)11-20/h5-9,19-20H,10-11H2,1-4H3. The molecule has 0 spiro atoms. The van der Waals surface area contributed by atoms with Crippen LogP contribution in [0.5, 0.6) is 0 Å². The lowest BCUT2D eigenvalue weighted by Gasteiger charge is -2.16. The minimum Gasteiger partial charge on any atom is -0.392 e. The van der Waals surface area contributed by atoms with Crippen molar-refractivity contribution in [2.45, 2.75) is 45.7 Å². The van der Waals surface area contributed by atoms with Crippen LogP contribution >= 0.6 is 0 Å². The zero-order valence-electron chi connectivity index (χ0n) is 14.0. The Morgan fingerprint density at radius 2 is 1.48 bits per heavy atom. The molecule has 2 rings (SSSR count). The Morgan fingerprint density at radius 3 is 2.00 bits per heavy atom. The van der Waals surface area contributed by atoms with Gasteiger partial charge in [0.25, 0.3) is 0 Å². The van der Waals surface area contributed by atoms with Gasteiger partial charge in [-0.25, -0.2) is 13.1 Å². The Morgan fingerprint density at radius 1 is 0.957 bits per heavy atom. The number of aryl methyl sites for hydroxylation is 2. The van der Waals surface area contributed by atoms with Crippen molar-refractivity contribution in [3.8, 4) is 0 Å². The van der Waals surface area contributed by atoms with Gasteiger partial charge in [-0.3, -0.25) is 0 Å². The van der Waals surface area contributed by atoms with Crippen molar-refractivity contribution in [2.75, 3.05) is 0 Å². The molecule has 0 aliphatic carbocycles. The molecule has 2 aromatic carbocycles. The first kappa shape index (κ1) is 17.7. The monoisotopic (exact) mass is 333 g/mol. The number of nitrogens with one attached hydrogen (secondary N) is 1. The normalized spacial score (nSPS) is 11.7. The van der Waals surface area contributed by atoms with Gasteiger partial charge in [-0.05, 0) is 61.1 Å². The van der Waals surface area contributed by atoms with Crippen LogP contribution in [0.15, 0.2) is 35.2 Å². The predicted octanol–water partition coefficient (Wildman–Crippen LogP) is 2.89. The molecule has 2 aromatic rings. The largest absolute Gasteiger partial charge is 0.392 e. The van der Waals surface area contributed by atoms with Gasteiger partial charge < -0.3 is 5.11 Å². The van der Waals surface area contributed by atoms with Crippen molar-refractivity contribution >= 4 is 10.0 Å². The molecule has 0 atom stereocenters. The van der Waals surface area contributed by atoms with Crippen molar-refractivity contribution in [3.63, 3.8) is 0 Å². The SMILES string of the molecule is Cc1cc(C)c(C)c(S(=O)(=O)NCc2ccccc2CO)c1C. The van der Waals surface area contributed by atoms with E-state index in [1.54, 1.807) is 6.07 Å². The molecule has 4 nitrogen and oxygen atoms in total. The van der Waals surface area contributed by atoms with Gasteiger partial charge in [0, 0.05) is 6.54 Å². The molecule has 0 heterocycles. The zero-order chi connectivity index (χ0) is 17.2. The summed E-state index contributed by atoms with van der Waals surface area (Å²) < 4.78 is 28.2. The molecular formula is C18H23NO3S. The van der Waals surface area contributed by atoms with E-state index in [0.29, 0.717) is 4.90 Å². The minimum atomic E-state index is -3.62. The lowest BCUT2D eigenvalue weighted by atomic mass is 10.0. The van der Waals surface area contributed by atoms with Crippen LogP contribution in [0.25, 0.3) is 0 Å². The Bertz CT molecular complexity index is 800. The van der Waals surface area contributed by atoms with Crippen molar-refractivity contribution in [1.29, 1.82) is 0 Å². The van der Waals surface area contributed by atoms with Crippen LogP contribution in [-0.2, 0) is 23.2 Å². The maximum atomic E-state index is 12.8. The number of rotatable bonds is 5. The Hall–Kier alpha value is -1.69. The average molecular weight is 333 g/mol. The molecule has 0 bridgehead atoms. The summed E-state index contributed by atoms with van der Waals surface area (Å²) >= 11 is 0. The van der Waals surface area contributed by atoms with Crippen LogP contribution in [0.3, 0.4) is 0 Å². The molecule has 0 aliphatic heterocycles. The van der Waals surface area contributed by atoms with Gasteiger partial charge >= 0.3 is 0 Å². The molecule has 124 valence electrons. The molecule has 0 unspecified atom stereocenters. The molecule has 23 heavy (non-hydrogen) atoms. The second-order valence-corrected chi connectivity index (χ2v) is 7.54. The topological polar surface area (TPSA) is 66.4 Å². The predicted molar refractivity (Wildman–Crippen MR) is 91.8 cm³/mol. The first-order valence-electron chi connectivity index (χ1n) is 7.52. The summed E-state index contributed by atoms with van der Waals surface area (Å²) in [5, 5.41) is 9.35. The number of benzene rings is 2. The summed E-state index contributed by atoms with van der Waals surface area (Å²) in [4.78, 5) is 0.358. The van der Waals surface area contributed by atoms with Gasteiger partial charge in [-0.2, -0.15) is 0 Å². The second kappa shape index (κ2) is 6.83. The van der Waals surface area contributed by atoms with E-state index in [9.17, 15) is 13.5 Å². The van der Waals surface area contributed by atoms with Gasteiger partial charge in [-0.1, -0.05) is 30.3 Å². The van der Waals surface area contributed by atoms with E-state index in [-0.39, 0.29) is 13.2 Å². The summed E-state index contributed by atoms with van der Waals surface area (Å²) in [6.07, 6.45) is 0. The smallest absolute Gasteiger partial charge is 0.241 e. The lowest BCUT2D eigenvalue weighted by Crippen LogP contribution is -2.26. The van der Waals surface area contributed by atoms with Crippen molar-refractivity contribution in [2.24, 2.45) is 0 Å². The minimum absolute atomic E-state index is 0.112. The summed E-state index contributed by atoms with van der Waals surface area (Å²) in [7, 11) is -3.62. The van der Waals surface area contributed by atoms with Crippen LogP contribution in [0, 0.1) is 27.7 Å². The highest BCUT2D eigenvalue weighted by atomic mass is 32.2. The van der Waals surface area contributed by atoms with Crippen LogP contribution in [0.4, 0.5) is 0 Å². The van der Waals surface area contributed by atoms with E-state index in [0.717, 1.165) is 33.4 Å². The van der Waals surface area contributed by atoms with E-state index in [1.165, 1.54) is 0 Å². The molecular weight excluding hydrogens is 310 g/mol. The van der Waals surface area contributed by atoms with Crippen LogP contribution in [0.2, 0.25) is 0 Å². The third kappa shape index (κ3) is 3.63. The lowest BCUT2D eigenvalue weighted by molar-refractivity contribution is 0.280. The van der Waals surface area contributed by atoms with Crippen LogP contribution in [-0.4, -0.2) is 13.5 Å². The molecule has 0 aliphatic rings. The van der Waals surface area contributed by atoms with Gasteiger partial charge in [0.05, 0.1) is 11.5 Å². The average Bonchev–Trinajstić information content (AvgIpc) is 2.51. The Kier molecular flexibility index (Phi) is 5.24. The van der Waals surface area contributed by atoms with Crippen molar-refractivity contribution in [3.05, 3.63) is 63.7 Å². The highest BCUT2D eigenvalue weighted by molar-refractivity contribution is 7.89. The summed E-state index contributed by atoms with van der Waals surface area (Å²) in [5.41, 5.74) is 4.97. The van der Waals surface area contributed by atoms with E-state index in [1.807, 2.05) is 52.0 Å². The van der Waals surface area contributed by atoms with Crippen molar-refractivity contribution < 1.29 is 13.5 Å². The molecule has 0 radical (unpaired) electrons. The van der Waals surface area contributed by atoms with Gasteiger partial charge in [-0.15, -0.1) is 0 Å². The summed E-state index contributed by atoms with van der Waals surface area (Å²) in [6.45, 7) is 7.55. The quantitative estimate of drug-likeness (QED) is 0.884. The molecule has 0 aromatic heterocycles. The Balaban J connectivity index is 2.37. The van der Waals surface area contributed by atoms with Gasteiger partial charge in [0.1, 0.15) is 0 Å². The second-order valence-electron chi connectivity index (χ2n) is 5.84. The zero-order valence-corrected chi connectivity index (χ0v) is 14.8. The van der Waals surface area contributed by atoms with Gasteiger partial charge in [0.2, 0.25) is 10.0 Å². The van der Waals surface area contributed by atoms with E-state index < -0.39 is 10.0 Å². The number of hydrogen-bond donors (Lipinski definition) is 2. The van der Waals surface area contributed by atoms with E-state index in [2.05, 4.69) is 4.72 Å². The molecule has 0 saturated heterocycles. The molecule has 5 heteroatoms. The fourth-order valence-electron chi connectivity index (χ4n) is 2.71. The molecule has 2 N–H and O–H groups in total. The van der Waals surface area contributed by atoms with Crippen LogP contribution in [0.1, 0.15) is 33.4 Å². The van der Waals surface area contributed by atoms with Gasteiger partial charge in [0.15, 0.2) is 0 Å². The maximum absolute atomic E-state index is 12.8. The first-order valence-corrected chi connectivity index (χ1v) is 9.01. The molecule has 0 fully saturated rings. The maximum Gasteiger partial charge on any atom is 0.241 e. The molecule has 0 saturated carbocycles. The Labute approximate surface area is 138 Å². The number of sulfonamides is 1. The third-order valence-corrected chi connectivity index (χ3v) is 5.98. The first-order chi connectivity index (χ1) is 10.8. The fraction of sp³-hybridized carbons (Fsp3) is 0.333. The highest BCUT2D eigenvalue weighted by Crippen LogP contribution is 2.26. The summed E-state index contributed by atoms with van der Waals surface area (Å²) in [5.74, 6) is 0. The van der Waals surface area contributed by atoms with Crippen LogP contribution < -0.4 is 4.72 Å². The third-order valence-electron chi connectivity index (χ3n) is 4.31.